The predicted molar refractivity (Wildman–Crippen MR) is 72.7 cm³/mol. The smallest absolute Gasteiger partial charge is 0.244 e. The van der Waals surface area contributed by atoms with Crippen LogP contribution in [0.2, 0.25) is 5.02 Å². The molecular formula is C13H14ClN3O3. The summed E-state index contributed by atoms with van der Waals surface area (Å²) in [6.07, 6.45) is 0.194. The van der Waals surface area contributed by atoms with Crippen LogP contribution in [0, 0.1) is 0 Å². The lowest BCUT2D eigenvalue weighted by molar-refractivity contribution is 0.191. The van der Waals surface area contributed by atoms with Gasteiger partial charge >= 0.3 is 0 Å². The molecule has 0 aliphatic carbocycles. The Morgan fingerprint density at radius 1 is 1.50 bits per heavy atom. The molecule has 20 heavy (non-hydrogen) atoms. The molecule has 1 aliphatic heterocycles. The van der Waals surface area contributed by atoms with Crippen LogP contribution in [0.4, 0.5) is 0 Å². The molecular weight excluding hydrogens is 282 g/mol. The van der Waals surface area contributed by atoms with Crippen LogP contribution in [0.15, 0.2) is 22.7 Å². The van der Waals surface area contributed by atoms with E-state index in [4.69, 9.17) is 20.9 Å². The molecule has 2 heterocycles. The molecule has 3 rings (SSSR count). The van der Waals surface area contributed by atoms with Crippen molar-refractivity contribution in [2.45, 2.75) is 18.6 Å². The number of hydrogen-bond donors (Lipinski definition) is 2. The van der Waals surface area contributed by atoms with Gasteiger partial charge in [-0.2, -0.15) is 4.98 Å². The largest absolute Gasteiger partial charge is 0.496 e. The van der Waals surface area contributed by atoms with Crippen molar-refractivity contribution in [1.82, 2.24) is 15.5 Å². The zero-order valence-electron chi connectivity index (χ0n) is 10.8. The Labute approximate surface area is 120 Å². The number of β-amino-alcohol motifs (C(OH)–C–C–N with tert-alkyl or cyclic N) is 1. The number of rotatable bonds is 3. The second-order valence-corrected chi connectivity index (χ2v) is 5.09. The van der Waals surface area contributed by atoms with E-state index in [1.165, 1.54) is 0 Å². The third kappa shape index (κ3) is 2.49. The van der Waals surface area contributed by atoms with Crippen molar-refractivity contribution >= 4 is 11.6 Å². The molecule has 7 heteroatoms. The SMILES string of the molecule is COc1cc(Cl)ccc1-c1noc(C2CC(O)CN2)n1. The first-order valence-electron chi connectivity index (χ1n) is 6.26. The van der Waals surface area contributed by atoms with Crippen LogP contribution in [-0.4, -0.2) is 35.0 Å². The fourth-order valence-corrected chi connectivity index (χ4v) is 2.40. The van der Waals surface area contributed by atoms with Gasteiger partial charge in [0.25, 0.3) is 0 Å². The van der Waals surface area contributed by atoms with Crippen molar-refractivity contribution in [2.75, 3.05) is 13.7 Å². The molecule has 2 aromatic rings. The van der Waals surface area contributed by atoms with Gasteiger partial charge in [0, 0.05) is 11.6 Å². The van der Waals surface area contributed by atoms with Gasteiger partial charge in [-0.05, 0) is 24.6 Å². The van der Waals surface area contributed by atoms with Crippen LogP contribution in [0.5, 0.6) is 5.75 Å². The number of nitrogens with zero attached hydrogens (tertiary/aromatic N) is 2. The van der Waals surface area contributed by atoms with Gasteiger partial charge in [-0.1, -0.05) is 16.8 Å². The third-order valence-electron chi connectivity index (χ3n) is 3.25. The molecule has 1 saturated heterocycles. The number of benzene rings is 1. The highest BCUT2D eigenvalue weighted by Crippen LogP contribution is 2.32. The first-order valence-corrected chi connectivity index (χ1v) is 6.64. The Bertz CT molecular complexity index is 617. The first kappa shape index (κ1) is 13.4. The van der Waals surface area contributed by atoms with E-state index in [9.17, 15) is 5.11 Å². The highest BCUT2D eigenvalue weighted by molar-refractivity contribution is 6.30. The Hall–Kier alpha value is -1.63. The van der Waals surface area contributed by atoms with Crippen molar-refractivity contribution in [2.24, 2.45) is 0 Å². The molecule has 0 saturated carbocycles. The molecule has 0 bridgehead atoms. The zero-order valence-corrected chi connectivity index (χ0v) is 11.6. The maximum atomic E-state index is 9.51. The fraction of sp³-hybridized carbons (Fsp3) is 0.385. The lowest BCUT2D eigenvalue weighted by atomic mass is 10.2. The van der Waals surface area contributed by atoms with E-state index >= 15 is 0 Å². The van der Waals surface area contributed by atoms with E-state index in [2.05, 4.69) is 15.5 Å². The minimum Gasteiger partial charge on any atom is -0.496 e. The second kappa shape index (κ2) is 5.40. The van der Waals surface area contributed by atoms with Crippen molar-refractivity contribution < 1.29 is 14.4 Å². The number of nitrogens with one attached hydrogen (secondary N) is 1. The molecule has 2 N–H and O–H groups in total. The zero-order chi connectivity index (χ0) is 14.1. The maximum Gasteiger partial charge on any atom is 0.244 e. The molecule has 0 spiro atoms. The Morgan fingerprint density at radius 3 is 3.05 bits per heavy atom. The quantitative estimate of drug-likeness (QED) is 0.898. The number of aliphatic hydroxyl groups is 1. The highest BCUT2D eigenvalue weighted by atomic mass is 35.5. The van der Waals surface area contributed by atoms with Gasteiger partial charge in [-0.15, -0.1) is 0 Å². The standard InChI is InChI=1S/C13H14ClN3O3/c1-19-11-4-7(14)2-3-9(11)12-16-13(20-17-12)10-5-8(18)6-15-10/h2-4,8,10,15,18H,5-6H2,1H3. The van der Waals surface area contributed by atoms with Crippen molar-refractivity contribution in [1.29, 1.82) is 0 Å². The first-order chi connectivity index (χ1) is 9.67. The molecule has 1 fully saturated rings. The molecule has 2 unspecified atom stereocenters. The number of halogens is 1. The van der Waals surface area contributed by atoms with E-state index in [0.717, 1.165) is 0 Å². The van der Waals surface area contributed by atoms with Crippen molar-refractivity contribution in [3.05, 3.63) is 29.1 Å². The van der Waals surface area contributed by atoms with E-state index in [1.807, 2.05) is 0 Å². The Kier molecular flexibility index (Phi) is 3.60. The van der Waals surface area contributed by atoms with E-state index in [-0.39, 0.29) is 12.1 Å². The monoisotopic (exact) mass is 295 g/mol. The highest BCUT2D eigenvalue weighted by Gasteiger charge is 2.28. The van der Waals surface area contributed by atoms with E-state index in [1.54, 1.807) is 25.3 Å². The fourth-order valence-electron chi connectivity index (χ4n) is 2.24. The van der Waals surface area contributed by atoms with Gasteiger partial charge in [-0.25, -0.2) is 0 Å². The van der Waals surface area contributed by atoms with Crippen LogP contribution in [0.3, 0.4) is 0 Å². The Morgan fingerprint density at radius 2 is 2.35 bits per heavy atom. The summed E-state index contributed by atoms with van der Waals surface area (Å²) in [5, 5.41) is 17.2. The number of methoxy groups -OCH3 is 1. The molecule has 1 aromatic heterocycles. The molecule has 0 amide bonds. The van der Waals surface area contributed by atoms with Gasteiger partial charge in [0.2, 0.25) is 11.7 Å². The van der Waals surface area contributed by atoms with Gasteiger partial charge in [-0.3, -0.25) is 0 Å². The van der Waals surface area contributed by atoms with Crippen LogP contribution in [0.25, 0.3) is 11.4 Å². The molecule has 6 nitrogen and oxygen atoms in total. The summed E-state index contributed by atoms with van der Waals surface area (Å²) in [4.78, 5) is 4.36. The molecule has 106 valence electrons. The summed E-state index contributed by atoms with van der Waals surface area (Å²) in [7, 11) is 1.56. The van der Waals surface area contributed by atoms with Crippen LogP contribution >= 0.6 is 11.6 Å². The predicted octanol–water partition coefficient (Wildman–Crippen LogP) is 1.79. The van der Waals surface area contributed by atoms with Gasteiger partial charge in [0.1, 0.15) is 5.75 Å². The summed E-state index contributed by atoms with van der Waals surface area (Å²) in [5.41, 5.74) is 0.713. The van der Waals surface area contributed by atoms with Gasteiger partial charge < -0.3 is 19.7 Å². The normalized spacial score (nSPS) is 22.1. The lowest BCUT2D eigenvalue weighted by Gasteiger charge is -2.05. The summed E-state index contributed by atoms with van der Waals surface area (Å²) in [6, 6.07) is 5.12. The van der Waals surface area contributed by atoms with Crippen molar-refractivity contribution in [3.63, 3.8) is 0 Å². The van der Waals surface area contributed by atoms with Crippen LogP contribution < -0.4 is 10.1 Å². The summed E-state index contributed by atoms with van der Waals surface area (Å²) < 4.78 is 10.5. The number of hydrogen-bond acceptors (Lipinski definition) is 6. The average molecular weight is 296 g/mol. The number of aromatic nitrogens is 2. The lowest BCUT2D eigenvalue weighted by Crippen LogP contribution is -2.15. The number of ether oxygens (including phenoxy) is 1. The van der Waals surface area contributed by atoms with Crippen LogP contribution in [0.1, 0.15) is 18.4 Å². The summed E-state index contributed by atoms with van der Waals surface area (Å²) in [5.74, 6) is 1.49. The van der Waals surface area contributed by atoms with Crippen molar-refractivity contribution in [3.8, 4) is 17.1 Å². The van der Waals surface area contributed by atoms with Gasteiger partial charge in [0.05, 0.1) is 24.8 Å². The average Bonchev–Trinajstić information content (AvgIpc) is 3.07. The number of aliphatic hydroxyl groups excluding tert-OH is 1. The third-order valence-corrected chi connectivity index (χ3v) is 3.49. The molecule has 1 aromatic carbocycles. The second-order valence-electron chi connectivity index (χ2n) is 4.65. The molecule has 0 radical (unpaired) electrons. The minimum absolute atomic E-state index is 0.107. The van der Waals surface area contributed by atoms with Gasteiger partial charge in [0.15, 0.2) is 0 Å². The van der Waals surface area contributed by atoms with Crippen LogP contribution in [-0.2, 0) is 0 Å². The summed E-state index contributed by atoms with van der Waals surface area (Å²) >= 11 is 5.93. The topological polar surface area (TPSA) is 80.4 Å². The minimum atomic E-state index is -0.375. The summed E-state index contributed by atoms with van der Waals surface area (Å²) in [6.45, 7) is 0.534. The maximum absolute atomic E-state index is 9.51. The Balaban J connectivity index is 1.90. The van der Waals surface area contributed by atoms with E-state index < -0.39 is 0 Å². The molecule has 2 atom stereocenters. The van der Waals surface area contributed by atoms with E-state index in [0.29, 0.717) is 41.0 Å². The molecule has 1 aliphatic rings.